The molecule has 28 heavy (non-hydrogen) atoms. The molecule has 1 atom stereocenters. The van der Waals surface area contributed by atoms with Crippen LogP contribution in [0, 0.1) is 18.6 Å². The minimum atomic E-state index is 0.587. The van der Waals surface area contributed by atoms with Crippen LogP contribution in [-0.2, 0) is 24.5 Å². The third-order valence-corrected chi connectivity index (χ3v) is 5.22. The van der Waals surface area contributed by atoms with Crippen molar-refractivity contribution in [2.24, 2.45) is 0 Å². The largest absolute Gasteiger partial charge is 0.383 e. The molecule has 6 nitrogen and oxygen atoms in total. The Labute approximate surface area is 171 Å². The van der Waals surface area contributed by atoms with Crippen LogP contribution >= 0.6 is 12.2 Å². The van der Waals surface area contributed by atoms with E-state index in [1.165, 1.54) is 21.6 Å². The molecule has 3 rings (SSSR count). The van der Waals surface area contributed by atoms with E-state index < -0.39 is 0 Å². The summed E-state index contributed by atoms with van der Waals surface area (Å²) < 4.78 is 9.93. The number of hydrogen-bond donors (Lipinski definition) is 1. The summed E-state index contributed by atoms with van der Waals surface area (Å²) in [6, 6.07) is 10.5. The zero-order valence-electron chi connectivity index (χ0n) is 17.0. The van der Waals surface area contributed by atoms with Crippen molar-refractivity contribution < 1.29 is 9.64 Å². The van der Waals surface area contributed by atoms with Crippen LogP contribution in [0.1, 0.15) is 16.7 Å². The molecule has 3 aromatic rings. The molecule has 1 aromatic carbocycles. The maximum Gasteiger partial charge on any atom is 0.203 e. The fraction of sp³-hybridized carbons (Fsp3) is 0.381. The number of aryl methyl sites for hydroxylation is 2. The Morgan fingerprint density at radius 2 is 1.89 bits per heavy atom. The molecule has 0 saturated carbocycles. The lowest BCUT2D eigenvalue weighted by atomic mass is 10.1. The molecule has 0 fully saturated rings. The second-order valence-corrected chi connectivity index (χ2v) is 7.57. The van der Waals surface area contributed by atoms with E-state index in [2.05, 4.69) is 44.1 Å². The summed E-state index contributed by atoms with van der Waals surface area (Å²) in [6.07, 6.45) is 3.55. The van der Waals surface area contributed by atoms with E-state index in [0.717, 1.165) is 17.9 Å². The summed E-state index contributed by atoms with van der Waals surface area (Å²) in [7, 11) is 3.86. The molecule has 0 radical (unpaired) electrons. The van der Waals surface area contributed by atoms with E-state index in [9.17, 15) is 0 Å². The Hall–Kier alpha value is -2.35. The average molecular weight is 399 g/mol. The highest BCUT2D eigenvalue weighted by molar-refractivity contribution is 7.71. The van der Waals surface area contributed by atoms with Crippen molar-refractivity contribution >= 4 is 12.2 Å². The number of ether oxygens (including phenoxy) is 1. The first kappa shape index (κ1) is 20.4. The summed E-state index contributed by atoms with van der Waals surface area (Å²) in [5, 5.41) is 4.82. The van der Waals surface area contributed by atoms with Gasteiger partial charge < -0.3 is 9.64 Å². The molecule has 0 bridgehead atoms. The number of methoxy groups -OCH3 is 1. The van der Waals surface area contributed by atoms with Crippen LogP contribution in [0.15, 0.2) is 42.7 Å². The number of hydrogen-bond acceptors (Lipinski definition) is 4. The van der Waals surface area contributed by atoms with Gasteiger partial charge in [-0.05, 0) is 43.8 Å². The van der Waals surface area contributed by atoms with Crippen LogP contribution in [0.2, 0.25) is 0 Å². The summed E-state index contributed by atoms with van der Waals surface area (Å²) in [5.74, 6) is 0.851. The predicted molar refractivity (Wildman–Crippen MR) is 113 cm³/mol. The molecule has 0 aliphatic rings. The fourth-order valence-corrected chi connectivity index (χ4v) is 3.61. The van der Waals surface area contributed by atoms with Crippen LogP contribution < -0.4 is 4.90 Å². The predicted octanol–water partition coefficient (Wildman–Crippen LogP) is 2.41. The van der Waals surface area contributed by atoms with Crippen molar-refractivity contribution in [1.82, 2.24) is 19.3 Å². The van der Waals surface area contributed by atoms with Gasteiger partial charge in [0.25, 0.3) is 0 Å². The lowest BCUT2D eigenvalue weighted by molar-refractivity contribution is -0.917. The van der Waals surface area contributed by atoms with Crippen molar-refractivity contribution in [3.05, 3.63) is 64.2 Å². The van der Waals surface area contributed by atoms with Gasteiger partial charge in [0.05, 0.1) is 20.2 Å². The summed E-state index contributed by atoms with van der Waals surface area (Å²) in [5.41, 5.74) is 4.97. The first-order valence-corrected chi connectivity index (χ1v) is 9.85. The van der Waals surface area contributed by atoms with Crippen molar-refractivity contribution in [3.8, 4) is 11.4 Å². The van der Waals surface area contributed by atoms with Gasteiger partial charge in [-0.15, -0.1) is 5.10 Å². The molecule has 0 saturated heterocycles. The van der Waals surface area contributed by atoms with Crippen molar-refractivity contribution in [2.45, 2.75) is 33.6 Å². The maximum atomic E-state index is 5.73. The topological polar surface area (TPSA) is 49.3 Å². The zero-order chi connectivity index (χ0) is 20.1. The van der Waals surface area contributed by atoms with Crippen LogP contribution in [0.5, 0.6) is 0 Å². The Morgan fingerprint density at radius 1 is 1.14 bits per heavy atom. The molecule has 2 heterocycles. The SMILES string of the molecule is COCCn1c(-c2ccncc2)nn(C[NH+](C)Cc2ccc(C)cc2C)c1=S. The number of nitrogens with zero attached hydrogens (tertiary/aromatic N) is 4. The van der Waals surface area contributed by atoms with Gasteiger partial charge in [0, 0.05) is 30.6 Å². The van der Waals surface area contributed by atoms with E-state index in [-0.39, 0.29) is 0 Å². The molecule has 1 unspecified atom stereocenters. The molecule has 0 aliphatic carbocycles. The first-order valence-electron chi connectivity index (χ1n) is 9.44. The van der Waals surface area contributed by atoms with Gasteiger partial charge in [0.2, 0.25) is 4.77 Å². The molecule has 0 amide bonds. The molecule has 2 aromatic heterocycles. The van der Waals surface area contributed by atoms with Gasteiger partial charge in [0.15, 0.2) is 12.5 Å². The summed E-state index contributed by atoms with van der Waals surface area (Å²) in [4.78, 5) is 5.42. The molecule has 148 valence electrons. The van der Waals surface area contributed by atoms with Crippen LogP contribution in [0.4, 0.5) is 0 Å². The van der Waals surface area contributed by atoms with E-state index in [1.807, 2.05) is 21.4 Å². The molecule has 7 heteroatoms. The van der Waals surface area contributed by atoms with Gasteiger partial charge in [-0.25, -0.2) is 0 Å². The second-order valence-electron chi connectivity index (χ2n) is 7.21. The summed E-state index contributed by atoms with van der Waals surface area (Å²) in [6.45, 7) is 7.17. The third kappa shape index (κ3) is 4.73. The highest BCUT2D eigenvalue weighted by Crippen LogP contribution is 2.17. The monoisotopic (exact) mass is 398 g/mol. The van der Waals surface area contributed by atoms with Gasteiger partial charge >= 0.3 is 0 Å². The highest BCUT2D eigenvalue weighted by atomic mass is 32.1. The van der Waals surface area contributed by atoms with Crippen LogP contribution in [0.3, 0.4) is 0 Å². The lowest BCUT2D eigenvalue weighted by Crippen LogP contribution is -3.07. The van der Waals surface area contributed by atoms with Crippen LogP contribution in [-0.4, -0.2) is 40.1 Å². The maximum absolute atomic E-state index is 5.73. The lowest BCUT2D eigenvalue weighted by Gasteiger charge is -2.15. The second kappa shape index (κ2) is 9.23. The standard InChI is InChI=1S/C21H27N5OS/c1-16-5-6-19(17(2)13-16)14-24(3)15-26-21(28)25(11-12-27-4)20(23-26)18-7-9-22-10-8-18/h5-10,13H,11-12,14-15H2,1-4H3/p+1. The van der Waals surface area contributed by atoms with E-state index >= 15 is 0 Å². The number of pyridine rings is 1. The normalized spacial score (nSPS) is 12.3. The van der Waals surface area contributed by atoms with Crippen molar-refractivity contribution in [3.63, 3.8) is 0 Å². The van der Waals surface area contributed by atoms with E-state index in [1.54, 1.807) is 19.5 Å². The van der Waals surface area contributed by atoms with E-state index in [0.29, 0.717) is 24.6 Å². The van der Waals surface area contributed by atoms with Gasteiger partial charge in [0.1, 0.15) is 6.54 Å². The number of nitrogens with one attached hydrogen (secondary N) is 1. The zero-order valence-corrected chi connectivity index (χ0v) is 17.8. The van der Waals surface area contributed by atoms with Crippen LogP contribution in [0.25, 0.3) is 11.4 Å². The first-order chi connectivity index (χ1) is 13.5. The van der Waals surface area contributed by atoms with Crippen molar-refractivity contribution in [1.29, 1.82) is 0 Å². The molecule has 0 spiro atoms. The summed E-state index contributed by atoms with van der Waals surface area (Å²) >= 11 is 5.73. The molecular weight excluding hydrogens is 370 g/mol. The Kier molecular flexibility index (Phi) is 6.72. The molecular formula is C21H28N5OS+. The highest BCUT2D eigenvalue weighted by Gasteiger charge is 2.15. The van der Waals surface area contributed by atoms with E-state index in [4.69, 9.17) is 22.1 Å². The number of aromatic nitrogens is 4. The van der Waals surface area contributed by atoms with Crippen molar-refractivity contribution in [2.75, 3.05) is 20.8 Å². The quantitative estimate of drug-likeness (QED) is 0.592. The molecule has 1 N–H and O–H groups in total. The van der Waals surface area contributed by atoms with Gasteiger partial charge in [-0.2, -0.15) is 4.68 Å². The minimum Gasteiger partial charge on any atom is -0.383 e. The minimum absolute atomic E-state index is 0.587. The fourth-order valence-electron chi connectivity index (χ4n) is 3.32. The number of benzene rings is 1. The Balaban J connectivity index is 1.85. The molecule has 0 aliphatic heterocycles. The van der Waals surface area contributed by atoms with Gasteiger partial charge in [-0.1, -0.05) is 23.8 Å². The average Bonchev–Trinajstić information content (AvgIpc) is 2.98. The third-order valence-electron chi connectivity index (χ3n) is 4.79. The Morgan fingerprint density at radius 3 is 2.57 bits per heavy atom. The number of rotatable bonds is 8. The number of quaternary nitrogens is 1. The smallest absolute Gasteiger partial charge is 0.203 e. The van der Waals surface area contributed by atoms with Gasteiger partial charge in [-0.3, -0.25) is 9.55 Å². The Bertz CT molecular complexity index is 980.